The van der Waals surface area contributed by atoms with Gasteiger partial charge in [0.25, 0.3) is 0 Å². The molecule has 0 bridgehead atoms. The van der Waals surface area contributed by atoms with Crippen molar-refractivity contribution in [2.45, 2.75) is 31.2 Å². The molecule has 2 nitrogen and oxygen atoms in total. The van der Waals surface area contributed by atoms with Crippen LogP contribution in [0.3, 0.4) is 0 Å². The lowest BCUT2D eigenvalue weighted by Crippen LogP contribution is -2.48. The van der Waals surface area contributed by atoms with Gasteiger partial charge in [0.1, 0.15) is 0 Å². The van der Waals surface area contributed by atoms with Gasteiger partial charge < -0.3 is 5.73 Å². The van der Waals surface area contributed by atoms with Crippen molar-refractivity contribution in [1.82, 2.24) is 4.90 Å². The molecule has 0 atom stereocenters. The summed E-state index contributed by atoms with van der Waals surface area (Å²) in [6, 6.07) is 0. The lowest BCUT2D eigenvalue weighted by molar-refractivity contribution is 0.198. The summed E-state index contributed by atoms with van der Waals surface area (Å²) in [5.41, 5.74) is 6.34. The topological polar surface area (TPSA) is 29.3 Å². The maximum absolute atomic E-state index is 6.13. The quantitative estimate of drug-likeness (QED) is 0.637. The smallest absolute Gasteiger partial charge is 0.0166 e. The van der Waals surface area contributed by atoms with Crippen LogP contribution in [0.15, 0.2) is 12.2 Å². The maximum Gasteiger partial charge on any atom is 0.0166 e. The third-order valence-corrected chi connectivity index (χ3v) is 3.17. The van der Waals surface area contributed by atoms with Crippen molar-refractivity contribution in [3.63, 3.8) is 0 Å². The zero-order chi connectivity index (χ0) is 8.44. The molecular weight excluding hydrogens is 148 g/mol. The Morgan fingerprint density at radius 2 is 1.92 bits per heavy atom. The Balaban J connectivity index is 1.67. The molecule has 12 heavy (non-hydrogen) atoms. The van der Waals surface area contributed by atoms with Gasteiger partial charge in [0.2, 0.25) is 0 Å². The standard InChI is InChI=1S/C10H18N2/c11-10(4-3-5-10)6-9-12-7-1-2-8-12/h1-2H,3-9,11H2. The van der Waals surface area contributed by atoms with Crippen molar-refractivity contribution in [1.29, 1.82) is 0 Å². The van der Waals surface area contributed by atoms with Crippen molar-refractivity contribution in [2.24, 2.45) is 5.73 Å². The van der Waals surface area contributed by atoms with Gasteiger partial charge in [0, 0.05) is 25.2 Å². The van der Waals surface area contributed by atoms with Gasteiger partial charge in [-0.3, -0.25) is 4.90 Å². The van der Waals surface area contributed by atoms with Crippen LogP contribution < -0.4 is 5.73 Å². The maximum atomic E-state index is 6.13. The van der Waals surface area contributed by atoms with Crippen molar-refractivity contribution in [2.75, 3.05) is 19.6 Å². The second-order valence-electron chi connectivity index (χ2n) is 4.20. The molecule has 2 N–H and O–H groups in total. The minimum absolute atomic E-state index is 0.211. The Labute approximate surface area is 74.4 Å². The average Bonchev–Trinajstić information content (AvgIpc) is 2.49. The molecule has 2 rings (SSSR count). The molecule has 0 unspecified atom stereocenters. The van der Waals surface area contributed by atoms with Gasteiger partial charge in [0.05, 0.1) is 0 Å². The van der Waals surface area contributed by atoms with E-state index < -0.39 is 0 Å². The fourth-order valence-corrected chi connectivity index (χ4v) is 1.97. The first kappa shape index (κ1) is 8.27. The molecule has 1 aliphatic carbocycles. The summed E-state index contributed by atoms with van der Waals surface area (Å²) < 4.78 is 0. The fraction of sp³-hybridized carbons (Fsp3) is 0.800. The summed E-state index contributed by atoms with van der Waals surface area (Å²) in [6.07, 6.45) is 9.50. The van der Waals surface area contributed by atoms with Crippen molar-refractivity contribution < 1.29 is 0 Å². The third kappa shape index (κ3) is 1.70. The van der Waals surface area contributed by atoms with E-state index in [1.807, 2.05) is 0 Å². The van der Waals surface area contributed by atoms with Crippen molar-refractivity contribution in [3.8, 4) is 0 Å². The van der Waals surface area contributed by atoms with Gasteiger partial charge in [-0.05, 0) is 25.7 Å². The average molecular weight is 166 g/mol. The molecule has 0 radical (unpaired) electrons. The van der Waals surface area contributed by atoms with Gasteiger partial charge in [-0.25, -0.2) is 0 Å². The van der Waals surface area contributed by atoms with Crippen LogP contribution in [0.4, 0.5) is 0 Å². The molecule has 68 valence electrons. The largest absolute Gasteiger partial charge is 0.325 e. The Kier molecular flexibility index (Phi) is 2.20. The summed E-state index contributed by atoms with van der Waals surface area (Å²) in [5, 5.41) is 0. The van der Waals surface area contributed by atoms with Crippen LogP contribution in [0.1, 0.15) is 25.7 Å². The second-order valence-corrected chi connectivity index (χ2v) is 4.20. The lowest BCUT2D eigenvalue weighted by atomic mass is 9.75. The zero-order valence-corrected chi connectivity index (χ0v) is 7.63. The molecule has 1 fully saturated rings. The predicted molar refractivity (Wildman–Crippen MR) is 51.0 cm³/mol. The molecule has 1 heterocycles. The van der Waals surface area contributed by atoms with Gasteiger partial charge in [-0.2, -0.15) is 0 Å². The van der Waals surface area contributed by atoms with Crippen LogP contribution >= 0.6 is 0 Å². The van der Waals surface area contributed by atoms with Gasteiger partial charge in [0.15, 0.2) is 0 Å². The van der Waals surface area contributed by atoms with E-state index in [9.17, 15) is 0 Å². The summed E-state index contributed by atoms with van der Waals surface area (Å²) >= 11 is 0. The highest BCUT2D eigenvalue weighted by molar-refractivity contribution is 4.98. The number of hydrogen-bond donors (Lipinski definition) is 1. The Morgan fingerprint density at radius 1 is 1.25 bits per heavy atom. The highest BCUT2D eigenvalue weighted by Crippen LogP contribution is 2.32. The summed E-state index contributed by atoms with van der Waals surface area (Å²) in [7, 11) is 0. The fourth-order valence-electron chi connectivity index (χ4n) is 1.97. The molecule has 1 saturated carbocycles. The molecule has 0 saturated heterocycles. The molecule has 0 aromatic heterocycles. The first-order valence-corrected chi connectivity index (χ1v) is 4.95. The molecule has 0 aromatic rings. The van der Waals surface area contributed by atoms with E-state index in [4.69, 9.17) is 5.73 Å². The van der Waals surface area contributed by atoms with E-state index in [-0.39, 0.29) is 5.54 Å². The summed E-state index contributed by atoms with van der Waals surface area (Å²) in [4.78, 5) is 2.45. The van der Waals surface area contributed by atoms with E-state index in [2.05, 4.69) is 17.1 Å². The van der Waals surface area contributed by atoms with Crippen LogP contribution in [-0.2, 0) is 0 Å². The number of nitrogens with zero attached hydrogens (tertiary/aromatic N) is 1. The van der Waals surface area contributed by atoms with Crippen LogP contribution in [0, 0.1) is 0 Å². The zero-order valence-electron chi connectivity index (χ0n) is 7.63. The molecule has 0 aromatic carbocycles. The molecule has 0 amide bonds. The van der Waals surface area contributed by atoms with Gasteiger partial charge in [-0.15, -0.1) is 0 Å². The van der Waals surface area contributed by atoms with Crippen molar-refractivity contribution in [3.05, 3.63) is 12.2 Å². The van der Waals surface area contributed by atoms with Crippen molar-refractivity contribution >= 4 is 0 Å². The summed E-state index contributed by atoms with van der Waals surface area (Å²) in [5.74, 6) is 0. The third-order valence-electron chi connectivity index (χ3n) is 3.17. The van der Waals surface area contributed by atoms with Crippen LogP contribution in [-0.4, -0.2) is 30.1 Å². The Bertz CT molecular complexity index is 174. The predicted octanol–water partition coefficient (Wildman–Crippen LogP) is 1.13. The highest BCUT2D eigenvalue weighted by Gasteiger charge is 2.32. The first-order valence-electron chi connectivity index (χ1n) is 4.95. The van der Waals surface area contributed by atoms with Crippen LogP contribution in [0.5, 0.6) is 0 Å². The highest BCUT2D eigenvalue weighted by atomic mass is 15.1. The Hall–Kier alpha value is -0.340. The normalized spacial score (nSPS) is 27.4. The SMILES string of the molecule is NC1(CCN2CC=CC2)CCC1. The monoisotopic (exact) mass is 166 g/mol. The van der Waals surface area contributed by atoms with E-state index in [0.717, 1.165) is 13.1 Å². The van der Waals surface area contributed by atoms with E-state index in [0.29, 0.717) is 0 Å². The van der Waals surface area contributed by atoms with E-state index in [1.165, 1.54) is 32.2 Å². The minimum atomic E-state index is 0.211. The molecule has 0 spiro atoms. The molecular formula is C10H18N2. The Morgan fingerprint density at radius 3 is 2.42 bits per heavy atom. The lowest BCUT2D eigenvalue weighted by Gasteiger charge is -2.39. The summed E-state index contributed by atoms with van der Waals surface area (Å²) in [6.45, 7) is 3.45. The van der Waals surface area contributed by atoms with Gasteiger partial charge >= 0.3 is 0 Å². The van der Waals surface area contributed by atoms with Crippen LogP contribution in [0.25, 0.3) is 0 Å². The first-order chi connectivity index (χ1) is 5.79. The van der Waals surface area contributed by atoms with E-state index in [1.54, 1.807) is 0 Å². The minimum Gasteiger partial charge on any atom is -0.325 e. The van der Waals surface area contributed by atoms with Gasteiger partial charge in [-0.1, -0.05) is 12.2 Å². The van der Waals surface area contributed by atoms with Crippen LogP contribution in [0.2, 0.25) is 0 Å². The van der Waals surface area contributed by atoms with E-state index >= 15 is 0 Å². The molecule has 1 aliphatic heterocycles. The number of nitrogens with two attached hydrogens (primary N) is 1. The second kappa shape index (κ2) is 3.19. The molecule has 2 aliphatic rings. The number of rotatable bonds is 3. The number of hydrogen-bond acceptors (Lipinski definition) is 2. The molecule has 2 heteroatoms.